The summed E-state index contributed by atoms with van der Waals surface area (Å²) in [4.78, 5) is 5.58. The predicted molar refractivity (Wildman–Crippen MR) is 115 cm³/mol. The first-order valence-electron chi connectivity index (χ1n) is 9.44. The molecule has 0 bridgehead atoms. The molecule has 1 aromatic carbocycles. The zero-order chi connectivity index (χ0) is 17.6. The largest absolute Gasteiger partial charge is 0.140 e. The Morgan fingerprint density at radius 2 is 1.52 bits per heavy atom. The molecule has 0 spiro atoms. The molecule has 0 aliphatic heterocycles. The molecule has 0 atom stereocenters. The summed E-state index contributed by atoms with van der Waals surface area (Å²) in [5.41, 5.74) is 4.21. The number of rotatable bonds is 8. The molecule has 3 aromatic rings. The maximum absolute atomic E-state index is 2.34. The highest BCUT2D eigenvalue weighted by atomic mass is 32.1. The van der Waals surface area contributed by atoms with Crippen molar-refractivity contribution >= 4 is 22.7 Å². The van der Waals surface area contributed by atoms with Gasteiger partial charge in [-0.05, 0) is 56.0 Å². The Kier molecular flexibility index (Phi) is 6.50. The molecule has 0 radical (unpaired) electrons. The fraction of sp³-hybridized carbons (Fsp3) is 0.391. The zero-order valence-corrected chi connectivity index (χ0v) is 17.2. The minimum absolute atomic E-state index is 1.21. The van der Waals surface area contributed by atoms with Crippen LogP contribution in [-0.4, -0.2) is 0 Å². The summed E-state index contributed by atoms with van der Waals surface area (Å²) in [6, 6.07) is 16.1. The van der Waals surface area contributed by atoms with Gasteiger partial charge in [-0.1, -0.05) is 56.9 Å². The fourth-order valence-electron chi connectivity index (χ4n) is 3.25. The first kappa shape index (κ1) is 18.4. The second-order valence-electron chi connectivity index (χ2n) is 6.87. The molecule has 0 fully saturated rings. The average molecular weight is 369 g/mol. The lowest BCUT2D eigenvalue weighted by molar-refractivity contribution is 0.632. The van der Waals surface area contributed by atoms with E-state index in [2.05, 4.69) is 63.2 Å². The first-order chi connectivity index (χ1) is 12.2. The van der Waals surface area contributed by atoms with Crippen molar-refractivity contribution in [3.05, 3.63) is 57.8 Å². The van der Waals surface area contributed by atoms with E-state index in [-0.39, 0.29) is 0 Å². The van der Waals surface area contributed by atoms with Crippen LogP contribution in [0.2, 0.25) is 0 Å². The van der Waals surface area contributed by atoms with Crippen LogP contribution in [0.1, 0.15) is 54.3 Å². The summed E-state index contributed by atoms with van der Waals surface area (Å²) in [5.74, 6) is 0. The van der Waals surface area contributed by atoms with Crippen LogP contribution in [0.4, 0.5) is 0 Å². The van der Waals surface area contributed by atoms with E-state index >= 15 is 0 Å². The SMILES string of the molecule is CCCCCCCc1ccc(-c2cc(C)sc2-c2ccc(C)s2)cc1. The molecular weight excluding hydrogens is 340 g/mol. The highest BCUT2D eigenvalue weighted by Gasteiger charge is 2.13. The van der Waals surface area contributed by atoms with Crippen molar-refractivity contribution in [3.63, 3.8) is 0 Å². The number of aryl methyl sites for hydroxylation is 3. The van der Waals surface area contributed by atoms with Crippen molar-refractivity contribution in [3.8, 4) is 20.9 Å². The second-order valence-corrected chi connectivity index (χ2v) is 9.42. The monoisotopic (exact) mass is 368 g/mol. The molecule has 0 saturated heterocycles. The lowest BCUT2D eigenvalue weighted by atomic mass is 10.0. The summed E-state index contributed by atoms with van der Waals surface area (Å²) in [7, 11) is 0. The Morgan fingerprint density at radius 3 is 2.20 bits per heavy atom. The smallest absolute Gasteiger partial charge is 0.0523 e. The molecule has 25 heavy (non-hydrogen) atoms. The van der Waals surface area contributed by atoms with Crippen molar-refractivity contribution in [2.24, 2.45) is 0 Å². The standard InChI is InChI=1S/C23H28S2/c1-4-5-6-7-8-9-19-11-13-20(14-12-19)21-16-18(3)25-23(21)22-15-10-17(2)24-22/h10-16H,4-9H2,1-3H3. The van der Waals surface area contributed by atoms with Crippen molar-refractivity contribution < 1.29 is 0 Å². The van der Waals surface area contributed by atoms with E-state index in [0.29, 0.717) is 0 Å². The number of hydrogen-bond donors (Lipinski definition) is 0. The Hall–Kier alpha value is -1.38. The molecule has 0 unspecified atom stereocenters. The van der Waals surface area contributed by atoms with Crippen LogP contribution in [0.5, 0.6) is 0 Å². The first-order valence-corrected chi connectivity index (χ1v) is 11.1. The Balaban J connectivity index is 1.72. The van der Waals surface area contributed by atoms with Crippen LogP contribution in [0.3, 0.4) is 0 Å². The topological polar surface area (TPSA) is 0 Å². The number of thiophene rings is 2. The molecule has 3 rings (SSSR count). The minimum Gasteiger partial charge on any atom is -0.140 e. The Labute approximate surface area is 160 Å². The van der Waals surface area contributed by atoms with Crippen LogP contribution >= 0.6 is 22.7 Å². The third-order valence-electron chi connectivity index (χ3n) is 4.65. The maximum atomic E-state index is 2.34. The van der Waals surface area contributed by atoms with Gasteiger partial charge in [0.25, 0.3) is 0 Å². The van der Waals surface area contributed by atoms with Gasteiger partial charge in [0.1, 0.15) is 0 Å². The minimum atomic E-state index is 1.21. The molecule has 0 nitrogen and oxygen atoms in total. The van der Waals surface area contributed by atoms with Gasteiger partial charge >= 0.3 is 0 Å². The van der Waals surface area contributed by atoms with E-state index in [1.807, 2.05) is 22.7 Å². The Morgan fingerprint density at radius 1 is 0.760 bits per heavy atom. The predicted octanol–water partition coefficient (Wildman–Crippen LogP) is 8.27. The molecule has 132 valence electrons. The van der Waals surface area contributed by atoms with Crippen molar-refractivity contribution in [1.82, 2.24) is 0 Å². The van der Waals surface area contributed by atoms with E-state index in [1.54, 1.807) is 0 Å². The molecule has 0 aliphatic rings. The molecule has 0 aliphatic carbocycles. The van der Waals surface area contributed by atoms with Gasteiger partial charge in [0.2, 0.25) is 0 Å². The number of benzene rings is 1. The number of hydrogen-bond acceptors (Lipinski definition) is 2. The summed E-state index contributed by atoms with van der Waals surface area (Å²) in [5, 5.41) is 0. The van der Waals surface area contributed by atoms with E-state index < -0.39 is 0 Å². The van der Waals surface area contributed by atoms with Crippen LogP contribution in [0, 0.1) is 13.8 Å². The van der Waals surface area contributed by atoms with Crippen LogP contribution in [0.15, 0.2) is 42.5 Å². The molecule has 2 heteroatoms. The van der Waals surface area contributed by atoms with E-state index in [0.717, 1.165) is 0 Å². The van der Waals surface area contributed by atoms with Gasteiger partial charge in [0.15, 0.2) is 0 Å². The van der Waals surface area contributed by atoms with Crippen molar-refractivity contribution in [1.29, 1.82) is 0 Å². The molecule has 0 N–H and O–H groups in total. The second kappa shape index (κ2) is 8.82. The normalized spacial score (nSPS) is 11.2. The third kappa shape index (κ3) is 4.83. The van der Waals surface area contributed by atoms with E-state index in [4.69, 9.17) is 0 Å². The van der Waals surface area contributed by atoms with Gasteiger partial charge < -0.3 is 0 Å². The van der Waals surface area contributed by atoms with Gasteiger partial charge in [-0.2, -0.15) is 0 Å². The van der Waals surface area contributed by atoms with Gasteiger partial charge in [-0.25, -0.2) is 0 Å². The quantitative estimate of drug-likeness (QED) is 0.351. The van der Waals surface area contributed by atoms with Gasteiger partial charge in [0, 0.05) is 20.2 Å². The average Bonchev–Trinajstić information content (AvgIpc) is 3.21. The molecule has 2 aromatic heterocycles. The lowest BCUT2D eigenvalue weighted by Crippen LogP contribution is -1.86. The highest BCUT2D eigenvalue weighted by Crippen LogP contribution is 2.41. The molecular formula is C23H28S2. The molecule has 0 amide bonds. The van der Waals surface area contributed by atoms with Crippen molar-refractivity contribution in [2.75, 3.05) is 0 Å². The van der Waals surface area contributed by atoms with Crippen LogP contribution < -0.4 is 0 Å². The number of unbranched alkanes of at least 4 members (excludes halogenated alkanes) is 4. The van der Waals surface area contributed by atoms with Gasteiger partial charge in [0.05, 0.1) is 4.88 Å². The van der Waals surface area contributed by atoms with Crippen LogP contribution in [0.25, 0.3) is 20.9 Å². The summed E-state index contributed by atoms with van der Waals surface area (Å²) in [6.45, 7) is 6.67. The molecule has 0 saturated carbocycles. The van der Waals surface area contributed by atoms with Gasteiger partial charge in [-0.15, -0.1) is 22.7 Å². The van der Waals surface area contributed by atoms with Gasteiger partial charge in [-0.3, -0.25) is 0 Å². The summed E-state index contributed by atoms with van der Waals surface area (Å²) >= 11 is 3.81. The lowest BCUT2D eigenvalue weighted by Gasteiger charge is -2.06. The summed E-state index contributed by atoms with van der Waals surface area (Å²) < 4.78 is 0. The fourth-order valence-corrected chi connectivity index (χ4v) is 5.28. The zero-order valence-electron chi connectivity index (χ0n) is 15.6. The van der Waals surface area contributed by atoms with Crippen LogP contribution in [-0.2, 0) is 6.42 Å². The third-order valence-corrected chi connectivity index (χ3v) is 6.88. The van der Waals surface area contributed by atoms with E-state index in [9.17, 15) is 0 Å². The summed E-state index contributed by atoms with van der Waals surface area (Å²) in [6.07, 6.45) is 7.97. The highest BCUT2D eigenvalue weighted by molar-refractivity contribution is 7.22. The maximum Gasteiger partial charge on any atom is 0.0523 e. The van der Waals surface area contributed by atoms with Crippen molar-refractivity contribution in [2.45, 2.75) is 59.3 Å². The molecule has 2 heterocycles. The van der Waals surface area contributed by atoms with E-state index in [1.165, 1.54) is 74.7 Å². The Bertz CT molecular complexity index is 790.